The number of nitrogens with zero attached hydrogens (tertiary/aromatic N) is 2. The smallest absolute Gasteiger partial charge is 0.335 e. The Labute approximate surface area is 143 Å². The number of hydrogen-bond acceptors (Lipinski definition) is 4. The molecule has 2 rings (SSSR count). The van der Waals surface area contributed by atoms with Crippen LogP contribution in [0.3, 0.4) is 0 Å². The molecule has 1 aromatic rings. The van der Waals surface area contributed by atoms with Crippen LogP contribution in [0.2, 0.25) is 0 Å². The van der Waals surface area contributed by atoms with Crippen LogP contribution in [0, 0.1) is 5.92 Å². The predicted octanol–water partition coefficient (Wildman–Crippen LogP) is 1.35. The Morgan fingerprint density at radius 3 is 2.92 bits per heavy atom. The van der Waals surface area contributed by atoms with Crippen molar-refractivity contribution in [3.63, 3.8) is 0 Å². The summed E-state index contributed by atoms with van der Waals surface area (Å²) < 4.78 is 5.02. The quantitative estimate of drug-likeness (QED) is 0.777. The first-order chi connectivity index (χ1) is 11.5. The van der Waals surface area contributed by atoms with Crippen molar-refractivity contribution in [2.45, 2.75) is 12.8 Å². The molecule has 1 saturated heterocycles. The Morgan fingerprint density at radius 2 is 2.21 bits per heavy atom. The average molecular weight is 334 g/mol. The molecule has 0 saturated carbocycles. The third-order valence-corrected chi connectivity index (χ3v) is 4.42. The zero-order chi connectivity index (χ0) is 17.5. The van der Waals surface area contributed by atoms with Crippen LogP contribution in [0.5, 0.6) is 0 Å². The Kier molecular flexibility index (Phi) is 6.75. The Bertz CT molecular complexity index is 576. The molecule has 6 heteroatoms. The molecule has 6 nitrogen and oxygen atoms in total. The summed E-state index contributed by atoms with van der Waals surface area (Å²) in [6.45, 7) is 3.28. The van der Waals surface area contributed by atoms with Crippen molar-refractivity contribution in [3.8, 4) is 0 Å². The molecule has 1 amide bonds. The average Bonchev–Trinajstić information content (AvgIpc) is 3.01. The molecule has 0 aromatic heterocycles. The summed E-state index contributed by atoms with van der Waals surface area (Å²) >= 11 is 0. The van der Waals surface area contributed by atoms with E-state index in [9.17, 15) is 9.59 Å². The number of amides is 1. The fourth-order valence-electron chi connectivity index (χ4n) is 3.05. The number of likely N-dealkylation sites (tertiary alicyclic amines) is 1. The number of aromatic carboxylic acids is 1. The fourth-order valence-corrected chi connectivity index (χ4v) is 3.05. The standard InChI is InChI=1S/C18H26N2O4/c1-19(8-9-24-2)13-17(21)20-7-6-15(12-20)10-14-4-3-5-16(11-14)18(22)23/h3-5,11,15H,6-10,12-13H2,1-2H3,(H,22,23). The van der Waals surface area contributed by atoms with Gasteiger partial charge in [0.25, 0.3) is 0 Å². The first-order valence-corrected chi connectivity index (χ1v) is 8.27. The lowest BCUT2D eigenvalue weighted by atomic mass is 9.97. The summed E-state index contributed by atoms with van der Waals surface area (Å²) in [6, 6.07) is 7.06. The number of likely N-dealkylation sites (N-methyl/N-ethyl adjacent to an activating group) is 1. The van der Waals surface area contributed by atoms with Crippen molar-refractivity contribution in [1.82, 2.24) is 9.80 Å². The lowest BCUT2D eigenvalue weighted by Gasteiger charge is -2.21. The molecule has 1 aliphatic heterocycles. The van der Waals surface area contributed by atoms with Crippen LogP contribution in [0.4, 0.5) is 0 Å². The molecule has 0 bridgehead atoms. The van der Waals surface area contributed by atoms with E-state index in [1.54, 1.807) is 25.3 Å². The van der Waals surface area contributed by atoms with Gasteiger partial charge in [-0.1, -0.05) is 12.1 Å². The van der Waals surface area contributed by atoms with E-state index >= 15 is 0 Å². The van der Waals surface area contributed by atoms with Gasteiger partial charge in [0.05, 0.1) is 18.7 Å². The molecule has 1 aliphatic rings. The third kappa shape index (κ3) is 5.32. The van der Waals surface area contributed by atoms with Crippen LogP contribution in [-0.2, 0) is 16.0 Å². The summed E-state index contributed by atoms with van der Waals surface area (Å²) in [5.41, 5.74) is 1.34. The lowest BCUT2D eigenvalue weighted by Crippen LogP contribution is -2.38. The number of methoxy groups -OCH3 is 1. The first kappa shape index (κ1) is 18.4. The minimum absolute atomic E-state index is 0.149. The number of carbonyl (C=O) groups excluding carboxylic acids is 1. The van der Waals surface area contributed by atoms with Crippen molar-refractivity contribution in [1.29, 1.82) is 0 Å². The highest BCUT2D eigenvalue weighted by atomic mass is 16.5. The summed E-state index contributed by atoms with van der Waals surface area (Å²) in [6.07, 6.45) is 1.77. The molecular weight excluding hydrogens is 308 g/mol. The highest BCUT2D eigenvalue weighted by Gasteiger charge is 2.26. The Morgan fingerprint density at radius 1 is 1.42 bits per heavy atom. The van der Waals surface area contributed by atoms with Crippen LogP contribution in [0.25, 0.3) is 0 Å². The van der Waals surface area contributed by atoms with Gasteiger partial charge in [0.1, 0.15) is 0 Å². The van der Waals surface area contributed by atoms with Gasteiger partial charge in [0, 0.05) is 26.7 Å². The van der Waals surface area contributed by atoms with Crippen LogP contribution in [0.15, 0.2) is 24.3 Å². The number of ether oxygens (including phenoxy) is 1. The molecule has 0 spiro atoms. The maximum atomic E-state index is 12.3. The lowest BCUT2D eigenvalue weighted by molar-refractivity contribution is -0.131. The molecule has 1 fully saturated rings. The van der Waals surface area contributed by atoms with E-state index in [0.717, 1.165) is 38.0 Å². The summed E-state index contributed by atoms with van der Waals surface area (Å²) in [5, 5.41) is 9.06. The van der Waals surface area contributed by atoms with Crippen molar-refractivity contribution in [3.05, 3.63) is 35.4 Å². The maximum absolute atomic E-state index is 12.3. The molecule has 24 heavy (non-hydrogen) atoms. The number of benzene rings is 1. The van der Waals surface area contributed by atoms with Gasteiger partial charge >= 0.3 is 5.97 Å². The van der Waals surface area contributed by atoms with Crippen LogP contribution in [0.1, 0.15) is 22.3 Å². The largest absolute Gasteiger partial charge is 0.478 e. The minimum Gasteiger partial charge on any atom is -0.478 e. The van der Waals surface area contributed by atoms with E-state index in [4.69, 9.17) is 9.84 Å². The van der Waals surface area contributed by atoms with Crippen LogP contribution >= 0.6 is 0 Å². The van der Waals surface area contributed by atoms with Gasteiger partial charge in [-0.15, -0.1) is 0 Å². The molecule has 0 radical (unpaired) electrons. The van der Waals surface area contributed by atoms with Gasteiger partial charge in [-0.05, 0) is 43.5 Å². The van der Waals surface area contributed by atoms with Crippen LogP contribution < -0.4 is 0 Å². The summed E-state index contributed by atoms with van der Waals surface area (Å²) in [7, 11) is 3.57. The molecule has 1 aromatic carbocycles. The van der Waals surface area contributed by atoms with Gasteiger partial charge < -0.3 is 14.7 Å². The van der Waals surface area contributed by atoms with E-state index < -0.39 is 5.97 Å². The number of carboxylic acids is 1. The number of hydrogen-bond donors (Lipinski definition) is 1. The van der Waals surface area contributed by atoms with Gasteiger partial charge in [0.2, 0.25) is 5.91 Å². The van der Waals surface area contributed by atoms with Gasteiger partial charge in [-0.25, -0.2) is 4.79 Å². The third-order valence-electron chi connectivity index (χ3n) is 4.42. The zero-order valence-electron chi connectivity index (χ0n) is 14.4. The molecule has 1 N–H and O–H groups in total. The molecule has 1 atom stereocenters. The van der Waals surface area contributed by atoms with E-state index in [-0.39, 0.29) is 5.91 Å². The maximum Gasteiger partial charge on any atom is 0.335 e. The Hall–Kier alpha value is -1.92. The SMILES string of the molecule is COCCN(C)CC(=O)N1CCC(Cc2cccc(C(=O)O)c2)C1. The van der Waals surface area contributed by atoms with Crippen molar-refractivity contribution < 1.29 is 19.4 Å². The Balaban J connectivity index is 1.83. The predicted molar refractivity (Wildman–Crippen MR) is 91.2 cm³/mol. The molecule has 1 unspecified atom stereocenters. The van der Waals surface area contributed by atoms with E-state index in [2.05, 4.69) is 0 Å². The normalized spacial score (nSPS) is 17.5. The number of carbonyl (C=O) groups is 2. The second kappa shape index (κ2) is 8.80. The summed E-state index contributed by atoms with van der Waals surface area (Å²) in [5.74, 6) is -0.364. The van der Waals surface area contributed by atoms with Gasteiger partial charge in [-0.2, -0.15) is 0 Å². The molecule has 0 aliphatic carbocycles. The minimum atomic E-state index is -0.904. The monoisotopic (exact) mass is 334 g/mol. The van der Waals surface area contributed by atoms with E-state index in [1.165, 1.54) is 0 Å². The topological polar surface area (TPSA) is 70.1 Å². The highest BCUT2D eigenvalue weighted by Crippen LogP contribution is 2.21. The van der Waals surface area contributed by atoms with Gasteiger partial charge in [-0.3, -0.25) is 9.69 Å². The van der Waals surface area contributed by atoms with Crippen molar-refractivity contribution in [2.75, 3.05) is 46.9 Å². The first-order valence-electron chi connectivity index (χ1n) is 8.27. The van der Waals surface area contributed by atoms with Crippen LogP contribution in [-0.4, -0.2) is 73.7 Å². The van der Waals surface area contributed by atoms with Gasteiger partial charge in [0.15, 0.2) is 0 Å². The fraction of sp³-hybridized carbons (Fsp3) is 0.556. The zero-order valence-corrected chi connectivity index (χ0v) is 14.4. The van der Waals surface area contributed by atoms with E-state index in [0.29, 0.717) is 24.6 Å². The molecule has 132 valence electrons. The highest BCUT2D eigenvalue weighted by molar-refractivity contribution is 5.87. The molecular formula is C18H26N2O4. The van der Waals surface area contributed by atoms with E-state index in [1.807, 2.05) is 22.9 Å². The number of carboxylic acid groups (broad SMARTS) is 1. The summed E-state index contributed by atoms with van der Waals surface area (Å²) in [4.78, 5) is 27.2. The second-order valence-corrected chi connectivity index (χ2v) is 6.43. The number of rotatable bonds is 8. The molecule has 1 heterocycles. The van der Waals surface area contributed by atoms with Crippen molar-refractivity contribution >= 4 is 11.9 Å². The van der Waals surface area contributed by atoms with Crippen molar-refractivity contribution in [2.24, 2.45) is 5.92 Å². The second-order valence-electron chi connectivity index (χ2n) is 6.43.